The molecule has 6 nitrogen and oxygen atoms in total. The second-order valence-electron chi connectivity index (χ2n) is 8.01. The van der Waals surface area contributed by atoms with Gasteiger partial charge in [0.2, 0.25) is 5.91 Å². The van der Waals surface area contributed by atoms with Crippen LogP contribution in [0.25, 0.3) is 22.8 Å². The van der Waals surface area contributed by atoms with E-state index in [1.165, 1.54) is 17.0 Å². The predicted octanol–water partition coefficient (Wildman–Crippen LogP) is 4.91. The van der Waals surface area contributed by atoms with Gasteiger partial charge in [-0.2, -0.15) is 0 Å². The zero-order valence-corrected chi connectivity index (χ0v) is 20.4. The van der Waals surface area contributed by atoms with E-state index in [1.807, 2.05) is 36.1 Å². The third-order valence-electron chi connectivity index (χ3n) is 5.70. The molecule has 1 amide bonds. The standard InChI is InChI=1S/C24H21BrFN5OS/c1-15-2-4-16(5-3-15)22-28-23(17-6-8-18(26)9-7-17)31(29-22)14-21(32)30-12-10-19-20(11-13-30)33-24(25)27-19/h2-9H,10-14H2,1H3. The molecule has 4 aromatic rings. The summed E-state index contributed by atoms with van der Waals surface area (Å²) in [6, 6.07) is 14.0. The zero-order chi connectivity index (χ0) is 22.9. The fourth-order valence-corrected chi connectivity index (χ4v) is 5.52. The molecule has 0 bridgehead atoms. The van der Waals surface area contributed by atoms with Crippen molar-refractivity contribution in [3.63, 3.8) is 0 Å². The minimum Gasteiger partial charge on any atom is -0.340 e. The van der Waals surface area contributed by atoms with Crippen LogP contribution < -0.4 is 0 Å². The van der Waals surface area contributed by atoms with Crippen LogP contribution in [-0.4, -0.2) is 43.6 Å². The van der Waals surface area contributed by atoms with Crippen molar-refractivity contribution in [1.29, 1.82) is 0 Å². The normalized spacial score (nSPS) is 13.6. The summed E-state index contributed by atoms with van der Waals surface area (Å²) in [4.78, 5) is 25.6. The highest BCUT2D eigenvalue weighted by atomic mass is 79.9. The van der Waals surface area contributed by atoms with Crippen LogP contribution in [0.15, 0.2) is 52.4 Å². The smallest absolute Gasteiger partial charge is 0.244 e. The van der Waals surface area contributed by atoms with E-state index >= 15 is 0 Å². The van der Waals surface area contributed by atoms with Crippen molar-refractivity contribution in [2.24, 2.45) is 0 Å². The van der Waals surface area contributed by atoms with Gasteiger partial charge < -0.3 is 4.90 Å². The SMILES string of the molecule is Cc1ccc(-c2nc(-c3ccc(F)cc3)n(CC(=O)N3CCc4nc(Br)sc4CC3)n2)cc1. The number of fused-ring (bicyclic) bond motifs is 1. The quantitative estimate of drug-likeness (QED) is 0.379. The molecule has 0 unspecified atom stereocenters. The molecular formula is C24H21BrFN5OS. The molecule has 0 aliphatic carbocycles. The molecule has 0 fully saturated rings. The Bertz CT molecular complexity index is 1270. The number of aromatic nitrogens is 4. The Hall–Kier alpha value is -2.91. The molecule has 1 aliphatic heterocycles. The second-order valence-corrected chi connectivity index (χ2v) is 10.4. The van der Waals surface area contributed by atoms with Crippen molar-refractivity contribution in [3.05, 3.63) is 74.4 Å². The lowest BCUT2D eigenvalue weighted by molar-refractivity contribution is -0.131. The molecule has 0 N–H and O–H groups in total. The maximum absolute atomic E-state index is 13.5. The summed E-state index contributed by atoms with van der Waals surface area (Å²) in [5, 5.41) is 4.66. The minimum absolute atomic E-state index is 0.0204. The first-order valence-corrected chi connectivity index (χ1v) is 12.3. The number of aryl methyl sites for hydroxylation is 1. The number of thiazole rings is 1. The van der Waals surface area contributed by atoms with E-state index < -0.39 is 0 Å². The van der Waals surface area contributed by atoms with Crippen molar-refractivity contribution in [2.45, 2.75) is 26.3 Å². The summed E-state index contributed by atoms with van der Waals surface area (Å²) >= 11 is 5.08. The number of rotatable bonds is 4. The lowest BCUT2D eigenvalue weighted by Crippen LogP contribution is -2.36. The average molecular weight is 526 g/mol. The van der Waals surface area contributed by atoms with E-state index in [9.17, 15) is 9.18 Å². The number of halogens is 2. The van der Waals surface area contributed by atoms with Gasteiger partial charge in [0.05, 0.1) is 5.69 Å². The van der Waals surface area contributed by atoms with Gasteiger partial charge in [0.1, 0.15) is 12.4 Å². The lowest BCUT2D eigenvalue weighted by Gasteiger charge is -2.20. The largest absolute Gasteiger partial charge is 0.340 e. The van der Waals surface area contributed by atoms with Gasteiger partial charge in [0.25, 0.3) is 0 Å². The van der Waals surface area contributed by atoms with Crippen LogP contribution in [0, 0.1) is 12.7 Å². The molecule has 168 valence electrons. The van der Waals surface area contributed by atoms with Gasteiger partial charge in [0.15, 0.2) is 15.6 Å². The highest BCUT2D eigenvalue weighted by molar-refractivity contribution is 9.11. The van der Waals surface area contributed by atoms with Gasteiger partial charge in [-0.1, -0.05) is 29.8 Å². The Labute approximate surface area is 203 Å². The molecule has 1 aliphatic rings. The molecule has 9 heteroatoms. The summed E-state index contributed by atoms with van der Waals surface area (Å²) in [5.41, 5.74) is 3.79. The summed E-state index contributed by atoms with van der Waals surface area (Å²) in [6.07, 6.45) is 1.53. The van der Waals surface area contributed by atoms with E-state index in [-0.39, 0.29) is 18.3 Å². The van der Waals surface area contributed by atoms with Crippen LogP contribution in [0.4, 0.5) is 4.39 Å². The molecule has 33 heavy (non-hydrogen) atoms. The molecule has 0 saturated heterocycles. The third kappa shape index (κ3) is 4.74. The molecule has 2 aromatic heterocycles. The molecule has 0 atom stereocenters. The average Bonchev–Trinajstić information content (AvgIpc) is 3.32. The highest BCUT2D eigenvalue weighted by Crippen LogP contribution is 2.27. The summed E-state index contributed by atoms with van der Waals surface area (Å²) < 4.78 is 16.0. The van der Waals surface area contributed by atoms with Crippen molar-refractivity contribution >= 4 is 33.2 Å². The van der Waals surface area contributed by atoms with Crippen LogP contribution in [0.1, 0.15) is 16.1 Å². The Morgan fingerprint density at radius 3 is 2.48 bits per heavy atom. The number of carbonyl (C=O) groups excluding carboxylic acids is 1. The molecule has 0 saturated carbocycles. The molecule has 5 rings (SSSR count). The van der Waals surface area contributed by atoms with Crippen LogP contribution >= 0.6 is 27.3 Å². The van der Waals surface area contributed by atoms with E-state index in [1.54, 1.807) is 28.2 Å². The summed E-state index contributed by atoms with van der Waals surface area (Å²) in [5.74, 6) is 0.734. The molecule has 2 aromatic carbocycles. The van der Waals surface area contributed by atoms with Crippen molar-refractivity contribution in [1.82, 2.24) is 24.6 Å². The van der Waals surface area contributed by atoms with Crippen LogP contribution in [0.5, 0.6) is 0 Å². The number of carbonyl (C=O) groups is 1. The summed E-state index contributed by atoms with van der Waals surface area (Å²) in [7, 11) is 0. The van der Waals surface area contributed by atoms with E-state index in [0.29, 0.717) is 30.3 Å². The maximum atomic E-state index is 13.5. The monoisotopic (exact) mass is 525 g/mol. The maximum Gasteiger partial charge on any atom is 0.244 e. The van der Waals surface area contributed by atoms with Crippen molar-refractivity contribution in [3.8, 4) is 22.8 Å². The van der Waals surface area contributed by atoms with Gasteiger partial charge in [-0.15, -0.1) is 16.4 Å². The minimum atomic E-state index is -0.322. The number of benzene rings is 2. The topological polar surface area (TPSA) is 63.9 Å². The Morgan fingerprint density at radius 1 is 1.03 bits per heavy atom. The van der Waals surface area contributed by atoms with Gasteiger partial charge in [0, 0.05) is 41.9 Å². The van der Waals surface area contributed by atoms with Gasteiger partial charge in [-0.25, -0.2) is 19.0 Å². The fourth-order valence-electron chi connectivity index (χ4n) is 3.90. The number of amides is 1. The molecule has 0 radical (unpaired) electrons. The van der Waals surface area contributed by atoms with E-state index in [0.717, 1.165) is 33.6 Å². The van der Waals surface area contributed by atoms with Gasteiger partial charge >= 0.3 is 0 Å². The third-order valence-corrected chi connectivity index (χ3v) is 7.31. The summed E-state index contributed by atoms with van der Waals surface area (Å²) in [6.45, 7) is 3.35. The molecule has 3 heterocycles. The predicted molar refractivity (Wildman–Crippen MR) is 129 cm³/mol. The molecule has 0 spiro atoms. The number of nitrogens with zero attached hydrogens (tertiary/aromatic N) is 5. The number of hydrogen-bond donors (Lipinski definition) is 0. The van der Waals surface area contributed by atoms with Crippen LogP contribution in [0.2, 0.25) is 0 Å². The highest BCUT2D eigenvalue weighted by Gasteiger charge is 2.23. The Kier molecular flexibility index (Phi) is 6.07. The van der Waals surface area contributed by atoms with Gasteiger partial charge in [-0.3, -0.25) is 4.79 Å². The lowest BCUT2D eigenvalue weighted by atomic mass is 10.1. The molecular weight excluding hydrogens is 505 g/mol. The van der Waals surface area contributed by atoms with Crippen molar-refractivity contribution < 1.29 is 9.18 Å². The first-order valence-electron chi connectivity index (χ1n) is 10.7. The Balaban J connectivity index is 1.42. The van der Waals surface area contributed by atoms with Gasteiger partial charge in [-0.05, 0) is 47.1 Å². The Morgan fingerprint density at radius 2 is 1.73 bits per heavy atom. The fraction of sp³-hybridized carbons (Fsp3) is 0.250. The zero-order valence-electron chi connectivity index (χ0n) is 18.0. The first-order chi connectivity index (χ1) is 16.0. The number of hydrogen-bond acceptors (Lipinski definition) is 5. The van der Waals surface area contributed by atoms with Crippen molar-refractivity contribution in [2.75, 3.05) is 13.1 Å². The first kappa shape index (κ1) is 21.9. The van der Waals surface area contributed by atoms with Crippen LogP contribution in [-0.2, 0) is 24.2 Å². The second kappa shape index (κ2) is 9.15. The van der Waals surface area contributed by atoms with Crippen LogP contribution in [0.3, 0.4) is 0 Å². The van der Waals surface area contributed by atoms with E-state index in [2.05, 4.69) is 26.0 Å². The van der Waals surface area contributed by atoms with E-state index in [4.69, 9.17) is 4.98 Å².